The lowest BCUT2D eigenvalue weighted by atomic mass is 9.73. The summed E-state index contributed by atoms with van der Waals surface area (Å²) in [7, 11) is 2.17. The summed E-state index contributed by atoms with van der Waals surface area (Å²) in [4.78, 5) is 33.1. The summed E-state index contributed by atoms with van der Waals surface area (Å²) >= 11 is 50.8. The number of halogens is 6. The van der Waals surface area contributed by atoms with Gasteiger partial charge < -0.3 is 31.9 Å². The highest BCUT2D eigenvalue weighted by atomic mass is 35.6. The maximum absolute atomic E-state index is 12.9. The molecule has 2 aliphatic carbocycles. The number of benzene rings is 2. The minimum atomic E-state index is -1.93. The molecular weight excluding hydrogens is 957 g/mol. The normalized spacial score (nSPS) is 22.6. The summed E-state index contributed by atoms with van der Waals surface area (Å²) in [6.45, 7) is 2.03. The third-order valence-corrected chi connectivity index (χ3v) is 14.4. The number of anilines is 1. The molecule has 6 rings (SSSR count). The van der Waals surface area contributed by atoms with E-state index in [0.29, 0.717) is 22.1 Å². The standard InChI is InChI=1S/C42H50Cl6N8O2S3/c1-24-16-20-28(35-33(24)52-40(61-35)55-39(60)54-37(42(46,47)48)51-32(58)23-18-26-12-7-4-8-13-26)30-21-19-27-14-9-15-29(34(27)56(30)2)49-38(59)53-36(41(43,44)45)50-31(57)22-17-25-10-5-3-6-11-25/h4,7-8,12-13,16-18,20,22-23,25,27,29-30,34,36-37H,3,5-6,9-11,14-15,19,21H2,1-2H3,(H,50,57)(H,51,58)(H2,49,53,59)(H2,52,54,55,60)/b22-17+,23-18+. The van der Waals surface area contributed by atoms with E-state index in [1.54, 1.807) is 6.08 Å². The number of thiocarbonyl (C=S) groups is 2. The number of nitrogens with zero attached hydrogens (tertiary/aromatic N) is 2. The fraction of sp³-hybridized carbons (Fsp3) is 0.500. The van der Waals surface area contributed by atoms with Gasteiger partial charge in [-0.05, 0) is 118 Å². The summed E-state index contributed by atoms with van der Waals surface area (Å²) in [6, 6.07) is 13.9. The van der Waals surface area contributed by atoms with Gasteiger partial charge in [0.25, 0.3) is 0 Å². The molecule has 2 heterocycles. The molecule has 330 valence electrons. The molecule has 61 heavy (non-hydrogen) atoms. The zero-order valence-corrected chi connectivity index (χ0v) is 40.7. The number of allylic oxidation sites excluding steroid dienone is 1. The Balaban J connectivity index is 1.12. The fourth-order valence-corrected chi connectivity index (χ4v) is 11.0. The molecule has 3 aliphatic rings. The third-order valence-electron chi connectivity index (χ3n) is 11.6. The van der Waals surface area contributed by atoms with Crippen molar-refractivity contribution in [3.8, 4) is 0 Å². The van der Waals surface area contributed by atoms with Crippen molar-refractivity contribution >= 4 is 149 Å². The summed E-state index contributed by atoms with van der Waals surface area (Å²) in [5.41, 5.74) is 3.88. The Morgan fingerprint density at radius 3 is 2.13 bits per heavy atom. The van der Waals surface area contributed by atoms with Crippen LogP contribution in [0.25, 0.3) is 16.3 Å². The van der Waals surface area contributed by atoms with E-state index >= 15 is 0 Å². The van der Waals surface area contributed by atoms with E-state index in [4.69, 9.17) is 99.0 Å². The first-order chi connectivity index (χ1) is 29.0. The van der Waals surface area contributed by atoms with Gasteiger partial charge in [0.05, 0.1) is 10.2 Å². The summed E-state index contributed by atoms with van der Waals surface area (Å²) in [5.74, 6) is 0.00765. The van der Waals surface area contributed by atoms with Crippen molar-refractivity contribution in [3.63, 3.8) is 0 Å². The first-order valence-corrected chi connectivity index (χ1v) is 24.3. The second-order valence-corrected chi connectivity index (χ2v) is 22.5. The predicted octanol–water partition coefficient (Wildman–Crippen LogP) is 10.1. The van der Waals surface area contributed by atoms with Crippen LogP contribution in [0.3, 0.4) is 0 Å². The molecule has 6 unspecified atom stereocenters. The number of aromatic nitrogens is 1. The van der Waals surface area contributed by atoms with Crippen LogP contribution in [0.2, 0.25) is 0 Å². The average Bonchev–Trinajstić information content (AvgIpc) is 3.64. The Labute approximate surface area is 402 Å². The van der Waals surface area contributed by atoms with E-state index in [2.05, 4.69) is 56.0 Å². The van der Waals surface area contributed by atoms with Gasteiger partial charge in [0.2, 0.25) is 19.4 Å². The van der Waals surface area contributed by atoms with Crippen LogP contribution in [0.1, 0.15) is 86.9 Å². The van der Waals surface area contributed by atoms with Crippen molar-refractivity contribution in [3.05, 3.63) is 77.4 Å². The highest BCUT2D eigenvalue weighted by Gasteiger charge is 2.44. The molecule has 3 aromatic rings. The van der Waals surface area contributed by atoms with Crippen LogP contribution in [0.15, 0.2) is 60.7 Å². The van der Waals surface area contributed by atoms with Crippen LogP contribution in [-0.4, -0.2) is 71.0 Å². The monoisotopic (exact) mass is 1000 g/mol. The van der Waals surface area contributed by atoms with Gasteiger partial charge in [0.1, 0.15) is 12.3 Å². The molecular formula is C42H50Cl6N8O2S3. The Morgan fingerprint density at radius 2 is 1.46 bits per heavy atom. The molecule has 0 bridgehead atoms. The minimum Gasteiger partial charge on any atom is -0.358 e. The molecule has 2 amide bonds. The number of fused-ring (bicyclic) bond motifs is 2. The lowest BCUT2D eigenvalue weighted by molar-refractivity contribution is -0.118. The molecule has 1 saturated heterocycles. The maximum Gasteiger partial charge on any atom is 0.245 e. The Hall–Kier alpha value is -2.17. The zero-order chi connectivity index (χ0) is 43.9. The van der Waals surface area contributed by atoms with Crippen molar-refractivity contribution in [2.45, 2.75) is 109 Å². The Bertz CT molecular complexity index is 2090. The molecule has 2 aromatic carbocycles. The van der Waals surface area contributed by atoms with Gasteiger partial charge in [0.15, 0.2) is 15.4 Å². The third kappa shape index (κ3) is 13.4. The van der Waals surface area contributed by atoms with Crippen molar-refractivity contribution < 1.29 is 9.59 Å². The number of nitrogens with one attached hydrogen (secondary N) is 6. The number of carbonyl (C=O) groups is 2. The van der Waals surface area contributed by atoms with Crippen LogP contribution in [0.5, 0.6) is 0 Å². The Morgan fingerprint density at radius 1 is 0.803 bits per heavy atom. The van der Waals surface area contributed by atoms with Crippen LogP contribution < -0.4 is 31.9 Å². The molecule has 6 N–H and O–H groups in total. The fourth-order valence-electron chi connectivity index (χ4n) is 8.66. The number of aryl methyl sites for hydroxylation is 1. The summed E-state index contributed by atoms with van der Waals surface area (Å²) in [5, 5.41) is 19.1. The lowest BCUT2D eigenvalue weighted by Crippen LogP contribution is -2.62. The average molecular weight is 1010 g/mol. The van der Waals surface area contributed by atoms with E-state index in [9.17, 15) is 9.59 Å². The number of amides is 2. The molecule has 3 fully saturated rings. The van der Waals surface area contributed by atoms with Crippen LogP contribution >= 0.6 is 105 Å². The largest absolute Gasteiger partial charge is 0.358 e. The number of alkyl halides is 6. The van der Waals surface area contributed by atoms with Crippen LogP contribution in [0, 0.1) is 18.8 Å². The molecule has 0 radical (unpaired) electrons. The molecule has 0 spiro atoms. The highest BCUT2D eigenvalue weighted by molar-refractivity contribution is 7.80. The molecule has 6 atom stereocenters. The van der Waals surface area contributed by atoms with Gasteiger partial charge in [-0.1, -0.05) is 155 Å². The van der Waals surface area contributed by atoms with Gasteiger partial charge >= 0.3 is 0 Å². The van der Waals surface area contributed by atoms with E-state index in [-0.39, 0.29) is 29.1 Å². The number of rotatable bonds is 11. The molecule has 10 nitrogen and oxygen atoms in total. The topological polar surface area (TPSA) is 122 Å². The van der Waals surface area contributed by atoms with E-state index in [1.807, 2.05) is 43.3 Å². The highest BCUT2D eigenvalue weighted by Crippen LogP contribution is 2.46. The number of likely N-dealkylation sites (tertiary alicyclic amines) is 1. The smallest absolute Gasteiger partial charge is 0.245 e. The number of carbonyl (C=O) groups excluding carboxylic acids is 2. The van der Waals surface area contributed by atoms with Crippen molar-refractivity contribution in [2.24, 2.45) is 11.8 Å². The van der Waals surface area contributed by atoms with Gasteiger partial charge in [-0.3, -0.25) is 14.5 Å². The molecule has 19 heteroatoms. The quantitative estimate of drug-likeness (QED) is 0.0479. The van der Waals surface area contributed by atoms with Gasteiger partial charge in [-0.2, -0.15) is 0 Å². The predicted molar refractivity (Wildman–Crippen MR) is 263 cm³/mol. The number of piperidine rings is 1. The van der Waals surface area contributed by atoms with E-state index < -0.39 is 25.8 Å². The SMILES string of the molecule is Cc1ccc(C2CCC3CCCC(NC(=S)NC(NC(=O)/C=C/C4CCCCC4)C(Cl)(Cl)Cl)C3N2C)c2sc(NC(=S)NC(NC(=O)/C=C/c3ccccc3)C(Cl)(Cl)Cl)nc12. The molecule has 2 saturated carbocycles. The number of hydrogen-bond donors (Lipinski definition) is 6. The number of hydrogen-bond acceptors (Lipinski definition) is 7. The maximum atomic E-state index is 12.9. The first-order valence-electron chi connectivity index (χ1n) is 20.4. The number of likely N-dealkylation sites (N-methyl/N-ethyl adjacent to an activating group) is 1. The second-order valence-electron chi connectivity index (χ2n) is 15.9. The van der Waals surface area contributed by atoms with Gasteiger partial charge in [0, 0.05) is 24.2 Å². The van der Waals surface area contributed by atoms with Crippen LogP contribution in [0.4, 0.5) is 5.13 Å². The van der Waals surface area contributed by atoms with Crippen molar-refractivity contribution in [2.75, 3.05) is 12.4 Å². The molecule has 1 aromatic heterocycles. The van der Waals surface area contributed by atoms with Gasteiger partial charge in [-0.15, -0.1) is 0 Å². The second kappa shape index (κ2) is 21.7. The van der Waals surface area contributed by atoms with Crippen molar-refractivity contribution in [1.82, 2.24) is 36.5 Å². The Kier molecular flexibility index (Phi) is 17.2. The first kappa shape index (κ1) is 48.3. The van der Waals surface area contributed by atoms with Crippen LogP contribution in [-0.2, 0) is 9.59 Å². The zero-order valence-electron chi connectivity index (χ0n) is 33.7. The van der Waals surface area contributed by atoms with Crippen molar-refractivity contribution in [1.29, 1.82) is 0 Å². The molecule has 1 aliphatic heterocycles. The van der Waals surface area contributed by atoms with E-state index in [0.717, 1.165) is 71.9 Å². The number of thiazole rings is 1. The van der Waals surface area contributed by atoms with E-state index in [1.165, 1.54) is 42.8 Å². The lowest BCUT2D eigenvalue weighted by Gasteiger charge is -2.51. The minimum absolute atomic E-state index is 0.00716. The van der Waals surface area contributed by atoms with Gasteiger partial charge in [-0.25, -0.2) is 4.98 Å². The summed E-state index contributed by atoms with van der Waals surface area (Å²) < 4.78 is -2.75. The summed E-state index contributed by atoms with van der Waals surface area (Å²) in [6.07, 6.45) is 15.1.